The van der Waals surface area contributed by atoms with Crippen LogP contribution in [0, 0.1) is 6.92 Å². The summed E-state index contributed by atoms with van der Waals surface area (Å²) < 4.78 is 1.09. The van der Waals surface area contributed by atoms with E-state index in [1.165, 1.54) is 0 Å². The third-order valence-electron chi connectivity index (χ3n) is 2.74. The van der Waals surface area contributed by atoms with Crippen molar-refractivity contribution in [2.75, 3.05) is 0 Å². The second kappa shape index (κ2) is 5.36. The summed E-state index contributed by atoms with van der Waals surface area (Å²) >= 11 is 5.84. The van der Waals surface area contributed by atoms with Crippen molar-refractivity contribution in [2.24, 2.45) is 0 Å². The summed E-state index contributed by atoms with van der Waals surface area (Å²) in [5, 5.41) is 0.104. The van der Waals surface area contributed by atoms with Gasteiger partial charge < -0.3 is 0 Å². The van der Waals surface area contributed by atoms with Crippen molar-refractivity contribution in [3.63, 3.8) is 0 Å². The molecule has 0 unspecified atom stereocenters. The minimum absolute atomic E-state index is 0.0989. The molecule has 7 heteroatoms. The molecule has 0 saturated carbocycles. The number of aromatic amines is 1. The molecule has 100 valence electrons. The lowest BCUT2D eigenvalue weighted by Gasteiger charge is -2.07. The minimum Gasteiger partial charge on any atom is -0.297 e. The van der Waals surface area contributed by atoms with Crippen molar-refractivity contribution in [3.05, 3.63) is 55.3 Å². The van der Waals surface area contributed by atoms with Crippen LogP contribution in [0.1, 0.15) is 24.0 Å². The van der Waals surface area contributed by atoms with Crippen molar-refractivity contribution < 1.29 is 0 Å². The molecule has 0 saturated heterocycles. The van der Waals surface area contributed by atoms with Crippen LogP contribution >= 0.6 is 11.6 Å². The number of aromatic nitrogens is 4. The van der Waals surface area contributed by atoms with Crippen LogP contribution in [-0.4, -0.2) is 19.5 Å². The first-order chi connectivity index (χ1) is 9.02. The van der Waals surface area contributed by atoms with E-state index in [1.807, 2.05) is 0 Å². The van der Waals surface area contributed by atoms with Crippen LogP contribution in [0.2, 0.25) is 5.15 Å². The molecule has 0 atom stereocenters. The van der Waals surface area contributed by atoms with Crippen molar-refractivity contribution in [1.82, 2.24) is 19.5 Å². The fraction of sp³-hybridized carbons (Fsp3) is 0.333. The van der Waals surface area contributed by atoms with Gasteiger partial charge in [0.1, 0.15) is 11.0 Å². The number of halogens is 1. The first-order valence-electron chi connectivity index (χ1n) is 5.83. The van der Waals surface area contributed by atoms with Gasteiger partial charge in [0.25, 0.3) is 5.56 Å². The standard InChI is InChI=1S/C12H13ClN4O2/c1-3-9-10(13)16-12(19)17(11(9)18)6-8-4-5-14-7(2)15-8/h4-5H,3,6H2,1-2H3,(H,16,19). The van der Waals surface area contributed by atoms with E-state index in [0.29, 0.717) is 23.5 Å². The van der Waals surface area contributed by atoms with Crippen LogP contribution < -0.4 is 11.2 Å². The van der Waals surface area contributed by atoms with Crippen LogP contribution in [0.5, 0.6) is 0 Å². The minimum atomic E-state index is -0.538. The molecule has 2 rings (SSSR count). The molecular formula is C12H13ClN4O2. The Labute approximate surface area is 114 Å². The van der Waals surface area contributed by atoms with Gasteiger partial charge in [0.05, 0.1) is 17.8 Å². The number of hydrogen-bond acceptors (Lipinski definition) is 4. The third-order valence-corrected chi connectivity index (χ3v) is 3.06. The normalized spacial score (nSPS) is 10.7. The summed E-state index contributed by atoms with van der Waals surface area (Å²) in [6.07, 6.45) is 2.05. The van der Waals surface area contributed by atoms with E-state index in [4.69, 9.17) is 11.6 Å². The zero-order valence-electron chi connectivity index (χ0n) is 10.6. The molecule has 19 heavy (non-hydrogen) atoms. The van der Waals surface area contributed by atoms with Crippen molar-refractivity contribution in [3.8, 4) is 0 Å². The Balaban J connectivity index is 2.52. The van der Waals surface area contributed by atoms with Gasteiger partial charge in [-0.25, -0.2) is 14.8 Å². The summed E-state index contributed by atoms with van der Waals surface area (Å²) in [5.74, 6) is 0.589. The van der Waals surface area contributed by atoms with Crippen LogP contribution in [0.15, 0.2) is 21.9 Å². The highest BCUT2D eigenvalue weighted by molar-refractivity contribution is 6.30. The predicted octanol–water partition coefficient (Wildman–Crippen LogP) is 0.899. The smallest absolute Gasteiger partial charge is 0.297 e. The van der Waals surface area contributed by atoms with Gasteiger partial charge in [0.2, 0.25) is 0 Å². The molecule has 2 aromatic heterocycles. The van der Waals surface area contributed by atoms with E-state index in [2.05, 4.69) is 15.0 Å². The van der Waals surface area contributed by atoms with E-state index in [1.54, 1.807) is 26.1 Å². The summed E-state index contributed by atoms with van der Waals surface area (Å²) in [5.41, 5.74) is 0.0764. The van der Waals surface area contributed by atoms with Crippen molar-refractivity contribution >= 4 is 11.6 Å². The Hall–Kier alpha value is -1.95. The first-order valence-corrected chi connectivity index (χ1v) is 6.20. The Morgan fingerprint density at radius 1 is 1.42 bits per heavy atom. The SMILES string of the molecule is CCc1c(Cl)[nH]c(=O)n(Cc2ccnc(C)n2)c1=O. The molecule has 0 bridgehead atoms. The second-order valence-electron chi connectivity index (χ2n) is 4.06. The second-order valence-corrected chi connectivity index (χ2v) is 4.44. The maximum atomic E-state index is 12.1. The number of aryl methyl sites for hydroxylation is 1. The number of rotatable bonds is 3. The van der Waals surface area contributed by atoms with E-state index in [-0.39, 0.29) is 17.3 Å². The highest BCUT2D eigenvalue weighted by Gasteiger charge is 2.11. The van der Waals surface area contributed by atoms with Gasteiger partial charge in [0.15, 0.2) is 0 Å². The molecule has 2 heterocycles. The lowest BCUT2D eigenvalue weighted by molar-refractivity contribution is 0.669. The Bertz CT molecular complexity index is 720. The quantitative estimate of drug-likeness (QED) is 0.847. The summed E-state index contributed by atoms with van der Waals surface area (Å²) in [6, 6.07) is 1.67. The molecule has 0 aliphatic rings. The van der Waals surface area contributed by atoms with Crippen LogP contribution in [0.25, 0.3) is 0 Å². The van der Waals surface area contributed by atoms with Crippen molar-refractivity contribution in [2.45, 2.75) is 26.8 Å². The molecule has 0 radical (unpaired) electrons. The fourth-order valence-corrected chi connectivity index (χ4v) is 2.09. The zero-order valence-corrected chi connectivity index (χ0v) is 11.4. The maximum Gasteiger partial charge on any atom is 0.329 e. The molecule has 6 nitrogen and oxygen atoms in total. The molecule has 0 fully saturated rings. The van der Waals surface area contributed by atoms with Gasteiger partial charge in [-0.1, -0.05) is 18.5 Å². The highest BCUT2D eigenvalue weighted by Crippen LogP contribution is 2.06. The van der Waals surface area contributed by atoms with Gasteiger partial charge in [0, 0.05) is 6.20 Å². The average Bonchev–Trinajstić information content (AvgIpc) is 2.35. The fourth-order valence-electron chi connectivity index (χ4n) is 1.79. The molecule has 0 aliphatic carbocycles. The monoisotopic (exact) mass is 280 g/mol. The van der Waals surface area contributed by atoms with Gasteiger partial charge in [-0.05, 0) is 19.4 Å². The number of H-pyrrole nitrogens is 1. The summed E-state index contributed by atoms with van der Waals surface area (Å²) in [7, 11) is 0. The molecule has 1 N–H and O–H groups in total. The Morgan fingerprint density at radius 3 is 2.79 bits per heavy atom. The molecule has 0 aliphatic heterocycles. The Kier molecular flexibility index (Phi) is 3.80. The molecular weight excluding hydrogens is 268 g/mol. The number of nitrogens with zero attached hydrogens (tertiary/aromatic N) is 3. The van der Waals surface area contributed by atoms with E-state index in [0.717, 1.165) is 4.57 Å². The predicted molar refractivity (Wildman–Crippen MR) is 71.6 cm³/mol. The lowest BCUT2D eigenvalue weighted by Crippen LogP contribution is -2.37. The van der Waals surface area contributed by atoms with Crippen LogP contribution in [0.3, 0.4) is 0 Å². The third kappa shape index (κ3) is 2.73. The largest absolute Gasteiger partial charge is 0.329 e. The van der Waals surface area contributed by atoms with Crippen LogP contribution in [0.4, 0.5) is 0 Å². The average molecular weight is 281 g/mol. The Morgan fingerprint density at radius 2 is 2.16 bits per heavy atom. The van der Waals surface area contributed by atoms with Crippen molar-refractivity contribution in [1.29, 1.82) is 0 Å². The highest BCUT2D eigenvalue weighted by atomic mass is 35.5. The molecule has 2 aromatic rings. The molecule has 0 amide bonds. The summed E-state index contributed by atoms with van der Waals surface area (Å²) in [4.78, 5) is 34.5. The maximum absolute atomic E-state index is 12.1. The number of nitrogens with one attached hydrogen (secondary N) is 1. The topological polar surface area (TPSA) is 80.6 Å². The zero-order chi connectivity index (χ0) is 14.0. The first kappa shape index (κ1) is 13.5. The lowest BCUT2D eigenvalue weighted by atomic mass is 10.2. The molecule has 0 spiro atoms. The number of hydrogen-bond donors (Lipinski definition) is 1. The van der Waals surface area contributed by atoms with Gasteiger partial charge in [-0.3, -0.25) is 14.3 Å². The van der Waals surface area contributed by atoms with E-state index >= 15 is 0 Å². The van der Waals surface area contributed by atoms with E-state index in [9.17, 15) is 9.59 Å². The van der Waals surface area contributed by atoms with Gasteiger partial charge >= 0.3 is 5.69 Å². The van der Waals surface area contributed by atoms with Crippen LogP contribution in [-0.2, 0) is 13.0 Å². The molecule has 0 aromatic carbocycles. The van der Waals surface area contributed by atoms with E-state index < -0.39 is 5.69 Å². The summed E-state index contributed by atoms with van der Waals surface area (Å²) in [6.45, 7) is 3.65. The van der Waals surface area contributed by atoms with Gasteiger partial charge in [-0.2, -0.15) is 0 Å². The van der Waals surface area contributed by atoms with Gasteiger partial charge in [-0.15, -0.1) is 0 Å².